The smallest absolute Gasteiger partial charge is 0.227 e. The van der Waals surface area contributed by atoms with Crippen LogP contribution >= 0.6 is 12.2 Å². The Balaban J connectivity index is 1.42. The first-order chi connectivity index (χ1) is 13.4. The summed E-state index contributed by atoms with van der Waals surface area (Å²) in [7, 11) is 0. The van der Waals surface area contributed by atoms with Gasteiger partial charge in [0.2, 0.25) is 5.91 Å². The molecule has 2 aromatic carbocycles. The predicted octanol–water partition coefficient (Wildman–Crippen LogP) is 4.40. The van der Waals surface area contributed by atoms with E-state index >= 15 is 0 Å². The number of thiocarbonyl (C=S) groups is 1. The minimum absolute atomic E-state index is 0.0847. The van der Waals surface area contributed by atoms with E-state index in [0.29, 0.717) is 11.5 Å². The van der Waals surface area contributed by atoms with Crippen LogP contribution in [0.5, 0.6) is 5.75 Å². The van der Waals surface area contributed by atoms with E-state index in [1.54, 1.807) is 0 Å². The third-order valence-electron chi connectivity index (χ3n) is 5.19. The van der Waals surface area contributed by atoms with Crippen LogP contribution < -0.4 is 20.3 Å². The Morgan fingerprint density at radius 1 is 1.18 bits per heavy atom. The number of ether oxygens (including phenoxy) is 1. The summed E-state index contributed by atoms with van der Waals surface area (Å²) in [5.41, 5.74) is 2.69. The third kappa shape index (κ3) is 3.97. The predicted molar refractivity (Wildman–Crippen MR) is 116 cm³/mol. The highest BCUT2D eigenvalue weighted by Crippen LogP contribution is 2.39. The number of carbonyl (C=O) groups is 1. The normalized spacial score (nSPS) is 20.3. The summed E-state index contributed by atoms with van der Waals surface area (Å²) in [6.45, 7) is 4.98. The number of amides is 1. The lowest BCUT2D eigenvalue weighted by atomic mass is 9.90. The van der Waals surface area contributed by atoms with Crippen LogP contribution in [0.3, 0.4) is 0 Å². The van der Waals surface area contributed by atoms with Crippen molar-refractivity contribution in [3.63, 3.8) is 0 Å². The molecule has 0 unspecified atom stereocenters. The van der Waals surface area contributed by atoms with Gasteiger partial charge in [-0.1, -0.05) is 18.2 Å². The van der Waals surface area contributed by atoms with Gasteiger partial charge in [0.05, 0.1) is 6.04 Å². The highest BCUT2D eigenvalue weighted by molar-refractivity contribution is 7.80. The number of carbonyl (C=O) groups excluding carboxylic acids is 1. The minimum atomic E-state index is -0.258. The van der Waals surface area contributed by atoms with E-state index < -0.39 is 0 Å². The number of benzene rings is 2. The number of rotatable bonds is 3. The summed E-state index contributed by atoms with van der Waals surface area (Å²) in [6, 6.07) is 16.0. The van der Waals surface area contributed by atoms with Crippen LogP contribution in [0.4, 0.5) is 11.4 Å². The lowest BCUT2D eigenvalue weighted by Crippen LogP contribution is -2.42. The van der Waals surface area contributed by atoms with Gasteiger partial charge in [-0.15, -0.1) is 0 Å². The minimum Gasteiger partial charge on any atom is -0.487 e. The molecule has 6 heteroatoms. The first-order valence-corrected chi connectivity index (χ1v) is 10.1. The van der Waals surface area contributed by atoms with Crippen LogP contribution in [0.2, 0.25) is 0 Å². The summed E-state index contributed by atoms with van der Waals surface area (Å²) < 4.78 is 6.08. The fourth-order valence-electron chi connectivity index (χ4n) is 3.90. The average molecular weight is 396 g/mol. The highest BCUT2D eigenvalue weighted by Gasteiger charge is 2.33. The molecule has 4 rings (SSSR count). The Hall–Kier alpha value is -2.60. The van der Waals surface area contributed by atoms with Gasteiger partial charge in [-0.25, -0.2) is 0 Å². The van der Waals surface area contributed by atoms with Crippen molar-refractivity contribution in [1.29, 1.82) is 0 Å². The molecular formula is C22H25N3O2S. The van der Waals surface area contributed by atoms with Gasteiger partial charge in [-0.2, -0.15) is 0 Å². The van der Waals surface area contributed by atoms with Crippen LogP contribution in [0, 0.1) is 0 Å². The lowest BCUT2D eigenvalue weighted by Gasteiger charge is -2.38. The second-order valence-corrected chi connectivity index (χ2v) is 8.36. The van der Waals surface area contributed by atoms with Crippen LogP contribution in [0.1, 0.15) is 44.7 Å². The van der Waals surface area contributed by atoms with E-state index in [0.717, 1.165) is 42.1 Å². The molecule has 2 aliphatic rings. The number of nitrogens with zero attached hydrogens (tertiary/aromatic N) is 1. The number of fused-ring (bicyclic) bond motifs is 1. The van der Waals surface area contributed by atoms with Crippen molar-refractivity contribution >= 4 is 34.6 Å². The van der Waals surface area contributed by atoms with Gasteiger partial charge >= 0.3 is 0 Å². The zero-order valence-electron chi connectivity index (χ0n) is 16.2. The molecule has 0 aliphatic carbocycles. The summed E-state index contributed by atoms with van der Waals surface area (Å²) >= 11 is 5.55. The maximum atomic E-state index is 11.9. The highest BCUT2D eigenvalue weighted by atomic mass is 32.1. The van der Waals surface area contributed by atoms with Crippen molar-refractivity contribution in [2.45, 2.75) is 44.8 Å². The first-order valence-electron chi connectivity index (χ1n) is 9.67. The molecule has 2 N–H and O–H groups in total. The Kier molecular flexibility index (Phi) is 4.98. The van der Waals surface area contributed by atoms with Crippen molar-refractivity contribution in [3.8, 4) is 5.75 Å². The van der Waals surface area contributed by atoms with E-state index in [1.807, 2.05) is 47.4 Å². The second kappa shape index (κ2) is 7.43. The Morgan fingerprint density at radius 3 is 2.64 bits per heavy atom. The summed E-state index contributed by atoms with van der Waals surface area (Å²) in [5, 5.41) is 7.26. The zero-order chi connectivity index (χ0) is 19.7. The zero-order valence-corrected chi connectivity index (χ0v) is 17.0. The van der Waals surface area contributed by atoms with Crippen molar-refractivity contribution < 1.29 is 9.53 Å². The van der Waals surface area contributed by atoms with E-state index in [-0.39, 0.29) is 17.6 Å². The molecule has 0 aromatic heterocycles. The van der Waals surface area contributed by atoms with Gasteiger partial charge in [0.1, 0.15) is 11.4 Å². The second-order valence-electron chi connectivity index (χ2n) is 7.95. The van der Waals surface area contributed by atoms with Crippen LogP contribution in [0.25, 0.3) is 0 Å². The van der Waals surface area contributed by atoms with E-state index in [1.165, 1.54) is 0 Å². The third-order valence-corrected chi connectivity index (χ3v) is 5.41. The monoisotopic (exact) mass is 395 g/mol. The molecule has 0 radical (unpaired) electrons. The van der Waals surface area contributed by atoms with Crippen LogP contribution in [-0.2, 0) is 4.79 Å². The largest absolute Gasteiger partial charge is 0.487 e. The van der Waals surface area contributed by atoms with Gasteiger partial charge in [0.15, 0.2) is 5.11 Å². The lowest BCUT2D eigenvalue weighted by molar-refractivity contribution is -0.117. The molecule has 2 aromatic rings. The molecule has 0 saturated carbocycles. The standard InChI is InChI=1S/C22H25N3O2S/c1-22(2)14-18(17-6-3-4-7-19(17)27-22)24-21(28)23-15-9-11-16(12-10-15)25-13-5-8-20(25)26/h3-4,6-7,9-12,18H,5,8,13-14H2,1-2H3,(H2,23,24,28)/t18-/m0/s1. The van der Waals surface area contributed by atoms with Crippen molar-refractivity contribution in [1.82, 2.24) is 5.32 Å². The molecule has 2 aliphatic heterocycles. The fourth-order valence-corrected chi connectivity index (χ4v) is 4.16. The van der Waals surface area contributed by atoms with Crippen LogP contribution in [-0.4, -0.2) is 23.2 Å². The Labute approximate surface area is 171 Å². The van der Waals surface area contributed by atoms with Gasteiger partial charge in [0.25, 0.3) is 0 Å². The average Bonchev–Trinajstić information content (AvgIpc) is 3.07. The number of hydrogen-bond donors (Lipinski definition) is 2. The molecule has 0 spiro atoms. The molecular weight excluding hydrogens is 370 g/mol. The molecule has 28 heavy (non-hydrogen) atoms. The molecule has 1 saturated heterocycles. The molecule has 0 bridgehead atoms. The summed E-state index contributed by atoms with van der Waals surface area (Å²) in [6.07, 6.45) is 2.38. The molecule has 2 heterocycles. The van der Waals surface area contributed by atoms with Crippen LogP contribution in [0.15, 0.2) is 48.5 Å². The molecule has 5 nitrogen and oxygen atoms in total. The number of nitrogens with one attached hydrogen (secondary N) is 2. The Bertz CT molecular complexity index is 895. The van der Waals surface area contributed by atoms with Gasteiger partial charge in [0, 0.05) is 36.3 Å². The maximum Gasteiger partial charge on any atom is 0.227 e. The van der Waals surface area contributed by atoms with Gasteiger partial charge in [-0.05, 0) is 62.8 Å². The fraction of sp³-hybridized carbons (Fsp3) is 0.364. The Morgan fingerprint density at radius 2 is 1.93 bits per heavy atom. The molecule has 1 amide bonds. The number of para-hydroxylation sites is 1. The maximum absolute atomic E-state index is 11.9. The van der Waals surface area contributed by atoms with Crippen molar-refractivity contribution in [3.05, 3.63) is 54.1 Å². The first kappa shape index (κ1) is 18.7. The summed E-state index contributed by atoms with van der Waals surface area (Å²) in [5.74, 6) is 1.09. The van der Waals surface area contributed by atoms with E-state index in [2.05, 4.69) is 30.5 Å². The van der Waals surface area contributed by atoms with E-state index in [4.69, 9.17) is 17.0 Å². The number of hydrogen-bond acceptors (Lipinski definition) is 3. The molecule has 1 fully saturated rings. The van der Waals surface area contributed by atoms with Gasteiger partial charge in [-0.3, -0.25) is 4.79 Å². The molecule has 1 atom stereocenters. The van der Waals surface area contributed by atoms with Crippen molar-refractivity contribution in [2.75, 3.05) is 16.8 Å². The number of anilines is 2. The topological polar surface area (TPSA) is 53.6 Å². The molecule has 146 valence electrons. The quantitative estimate of drug-likeness (QED) is 0.755. The SMILES string of the molecule is CC1(C)C[C@H](NC(=S)Nc2ccc(N3CCCC3=O)cc2)c2ccccc2O1. The summed E-state index contributed by atoms with van der Waals surface area (Å²) in [4.78, 5) is 13.7. The van der Waals surface area contributed by atoms with Gasteiger partial charge < -0.3 is 20.3 Å². The van der Waals surface area contributed by atoms with E-state index in [9.17, 15) is 4.79 Å². The van der Waals surface area contributed by atoms with Crippen molar-refractivity contribution in [2.24, 2.45) is 0 Å².